The van der Waals surface area contributed by atoms with Crippen molar-refractivity contribution in [2.45, 2.75) is 0 Å². The molecule has 0 saturated carbocycles. The molecule has 0 aliphatic carbocycles. The molecule has 0 aliphatic heterocycles. The zero-order chi connectivity index (χ0) is 3.58. The Labute approximate surface area is 44.8 Å². The van der Waals surface area contributed by atoms with Crippen molar-refractivity contribution >= 4 is 3.68 Å². The van der Waals surface area contributed by atoms with Crippen LogP contribution in [0.1, 0.15) is 0 Å². The van der Waals surface area contributed by atoms with Crippen molar-refractivity contribution in [1.82, 2.24) is 6.15 Å². The maximum absolute atomic E-state index is 9.04. The van der Waals surface area contributed by atoms with E-state index in [9.17, 15) is 0 Å². The second-order valence-corrected chi connectivity index (χ2v) is 1.36. The van der Waals surface area contributed by atoms with E-state index in [0.717, 1.165) is 0 Å². The summed E-state index contributed by atoms with van der Waals surface area (Å²) in [5.41, 5.74) is 0. The van der Waals surface area contributed by atoms with Crippen LogP contribution >= 0.6 is 0 Å². The molecule has 0 aromatic heterocycles. The molecule has 29 valence electrons. The van der Waals surface area contributed by atoms with Crippen molar-refractivity contribution < 1.29 is 34.6 Å². The predicted molar refractivity (Wildman–Crippen MR) is 13.0 cm³/mol. The van der Waals surface area contributed by atoms with Crippen LogP contribution in [0.3, 0.4) is 0 Å². The van der Waals surface area contributed by atoms with Crippen LogP contribution in [0.4, 0.5) is 4.79 Å². The fourth-order valence-electron chi connectivity index (χ4n) is 0. The topological polar surface area (TPSA) is 72.3 Å². The molecule has 5 heavy (non-hydrogen) atoms. The molecule has 0 heterocycles. The summed E-state index contributed by atoms with van der Waals surface area (Å²) in [6.07, 6.45) is 0. The Morgan fingerprint density at radius 3 is 1.80 bits per heavy atom. The first kappa shape index (κ1) is 9.00. The first-order valence-electron chi connectivity index (χ1n) is 0.678. The van der Waals surface area contributed by atoms with Gasteiger partial charge in [-0.2, -0.15) is 0 Å². The summed E-state index contributed by atoms with van der Waals surface area (Å²) in [6, 6.07) is 0. The normalized spacial score (nSPS) is 4.60. The van der Waals surface area contributed by atoms with Gasteiger partial charge in [0, 0.05) is 0 Å². The van der Waals surface area contributed by atoms with Gasteiger partial charge in [0.15, 0.2) is 0 Å². The Balaban J connectivity index is 0. The van der Waals surface area contributed by atoms with Gasteiger partial charge in [0.25, 0.3) is 0 Å². The molecule has 0 saturated heterocycles. The van der Waals surface area contributed by atoms with Crippen molar-refractivity contribution in [3.8, 4) is 0 Å². The van der Waals surface area contributed by atoms with E-state index in [2.05, 4.69) is 0 Å². The van der Waals surface area contributed by atoms with Crippen molar-refractivity contribution in [2.24, 2.45) is 0 Å². The number of carboxylic acid groups (broad SMARTS) is 1. The molecule has 0 radical (unpaired) electrons. The fourth-order valence-corrected chi connectivity index (χ4v) is 0. The third kappa shape index (κ3) is 235. The monoisotopic (exact) mass is 152 g/mol. The molecule has 0 aliphatic rings. The Bertz CT molecular complexity index is 32.6. The van der Waals surface area contributed by atoms with Gasteiger partial charge in [0.05, 0.1) is 0 Å². The number of carbonyl (C=O) groups is 1. The second kappa shape index (κ2) is 4.31. The molecule has 0 bridgehead atoms. The van der Waals surface area contributed by atoms with Gasteiger partial charge in [0.2, 0.25) is 0 Å². The average molecular weight is 153 g/mol. The Morgan fingerprint density at radius 1 is 1.80 bits per heavy atom. The molecular weight excluding hydrogens is 149 g/mol. The molecule has 0 amide bonds. The molecule has 0 spiro atoms. The van der Waals surface area contributed by atoms with Gasteiger partial charge in [-0.1, -0.05) is 0 Å². The maximum atomic E-state index is 9.04. The van der Waals surface area contributed by atoms with Crippen LogP contribution < -0.4 is 6.15 Å². The van der Waals surface area contributed by atoms with Crippen LogP contribution in [-0.4, -0.2) is 8.78 Å². The SMILES string of the molecule is N.O=[C](O)[Zr]. The quantitative estimate of drug-likeness (QED) is 0.528. The van der Waals surface area contributed by atoms with Gasteiger partial charge in [0.1, 0.15) is 0 Å². The van der Waals surface area contributed by atoms with Gasteiger partial charge in [-0.05, 0) is 0 Å². The van der Waals surface area contributed by atoms with Crippen molar-refractivity contribution in [1.29, 1.82) is 0 Å². The number of rotatable bonds is 0. The molecule has 0 aromatic carbocycles. The minimum atomic E-state index is -0.743. The van der Waals surface area contributed by atoms with Crippen LogP contribution in [-0.2, 0) is 24.7 Å². The van der Waals surface area contributed by atoms with Crippen LogP contribution in [0.2, 0.25) is 0 Å². The van der Waals surface area contributed by atoms with E-state index >= 15 is 0 Å². The Kier molecular flexibility index (Phi) is 7.77. The molecule has 4 N–H and O–H groups in total. The second-order valence-electron chi connectivity index (χ2n) is 0.305. The molecule has 0 atom stereocenters. The summed E-state index contributed by atoms with van der Waals surface area (Å²) in [5.74, 6) is 0. The summed E-state index contributed by atoms with van der Waals surface area (Å²) in [7, 11) is 0. The summed E-state index contributed by atoms with van der Waals surface area (Å²) in [6.45, 7) is 0. The van der Waals surface area contributed by atoms with Gasteiger partial charge in [-0.25, -0.2) is 0 Å². The third-order valence-electron chi connectivity index (χ3n) is 0. The summed E-state index contributed by atoms with van der Waals surface area (Å²) >= 11 is 0.553. The molecule has 3 nitrogen and oxygen atoms in total. The number of hydrogen-bond donors (Lipinski definition) is 2. The fraction of sp³-hybridized carbons (Fsp3) is 0. The van der Waals surface area contributed by atoms with Crippen molar-refractivity contribution in [3.05, 3.63) is 0 Å². The summed E-state index contributed by atoms with van der Waals surface area (Å²) < 4.78 is -0.743. The molecule has 0 aromatic rings. The van der Waals surface area contributed by atoms with Gasteiger partial charge < -0.3 is 6.15 Å². The zero-order valence-electron chi connectivity index (χ0n) is 2.56. The molecule has 0 rings (SSSR count). The molecule has 4 heteroatoms. The molecule has 0 unspecified atom stereocenters. The van der Waals surface area contributed by atoms with E-state index in [1.165, 1.54) is 0 Å². The predicted octanol–water partition coefficient (Wildman–Crippen LogP) is 0.373. The van der Waals surface area contributed by atoms with E-state index in [1.54, 1.807) is 0 Å². The summed E-state index contributed by atoms with van der Waals surface area (Å²) in [4.78, 5) is 9.04. The molecule has 0 fully saturated rings. The van der Waals surface area contributed by atoms with E-state index in [-0.39, 0.29) is 6.15 Å². The first-order valence-corrected chi connectivity index (χ1v) is 1.91. The first-order chi connectivity index (χ1) is 1.73. The van der Waals surface area contributed by atoms with E-state index in [4.69, 9.17) is 9.90 Å². The Morgan fingerprint density at radius 2 is 1.80 bits per heavy atom. The summed E-state index contributed by atoms with van der Waals surface area (Å²) in [5, 5.41) is 7.46. The van der Waals surface area contributed by atoms with Crippen LogP contribution in [0.15, 0.2) is 0 Å². The third-order valence-corrected chi connectivity index (χ3v) is 0. The minimum absolute atomic E-state index is 0. The van der Waals surface area contributed by atoms with Crippen LogP contribution in [0.5, 0.6) is 0 Å². The van der Waals surface area contributed by atoms with E-state index < -0.39 is 3.68 Å². The molecular formula is CH4NO2Zr. The Hall–Kier alpha value is 0.313. The average Bonchev–Trinajstić information content (AvgIpc) is 0.811. The van der Waals surface area contributed by atoms with E-state index in [0.29, 0.717) is 24.7 Å². The van der Waals surface area contributed by atoms with Gasteiger partial charge in [-0.3, -0.25) is 0 Å². The van der Waals surface area contributed by atoms with Crippen molar-refractivity contribution in [2.75, 3.05) is 0 Å². The number of hydrogen-bond acceptors (Lipinski definition) is 2. The van der Waals surface area contributed by atoms with E-state index in [1.807, 2.05) is 0 Å². The zero-order valence-corrected chi connectivity index (χ0v) is 5.02. The van der Waals surface area contributed by atoms with Gasteiger partial charge >= 0.3 is 38.3 Å². The van der Waals surface area contributed by atoms with Gasteiger partial charge in [-0.15, -0.1) is 0 Å². The van der Waals surface area contributed by atoms with Crippen LogP contribution in [0, 0.1) is 0 Å². The van der Waals surface area contributed by atoms with Crippen molar-refractivity contribution in [3.63, 3.8) is 0 Å². The van der Waals surface area contributed by atoms with Crippen LogP contribution in [0.25, 0.3) is 0 Å². The standard InChI is InChI=1S/CHO2.H3N.Zr/c2-1-3;;/h(H,2,3);1H3;.